The Bertz CT molecular complexity index is 960. The van der Waals surface area contributed by atoms with Gasteiger partial charge >= 0.3 is 0 Å². The summed E-state index contributed by atoms with van der Waals surface area (Å²) >= 11 is 0. The fourth-order valence-electron chi connectivity index (χ4n) is 3.32. The van der Waals surface area contributed by atoms with E-state index in [1.807, 2.05) is 6.92 Å². The summed E-state index contributed by atoms with van der Waals surface area (Å²) in [5.74, 6) is 0.503. The third kappa shape index (κ3) is 7.04. The lowest BCUT2D eigenvalue weighted by Gasteiger charge is -2.37. The molecule has 10 heteroatoms. The quantitative estimate of drug-likeness (QED) is 0.245. The van der Waals surface area contributed by atoms with Crippen molar-refractivity contribution in [2.24, 2.45) is 4.99 Å². The van der Waals surface area contributed by atoms with E-state index in [0.29, 0.717) is 6.54 Å². The summed E-state index contributed by atoms with van der Waals surface area (Å²) in [5.41, 5.74) is 2.02. The number of nitrogens with one attached hydrogen (secondary N) is 2. The Labute approximate surface area is 200 Å². The van der Waals surface area contributed by atoms with Crippen LogP contribution in [0.1, 0.15) is 5.56 Å². The van der Waals surface area contributed by atoms with Gasteiger partial charge in [-0.3, -0.25) is 4.99 Å². The number of benzene rings is 2. The van der Waals surface area contributed by atoms with Crippen LogP contribution in [-0.4, -0.2) is 65.6 Å². The molecule has 1 aliphatic heterocycles. The van der Waals surface area contributed by atoms with Crippen molar-refractivity contribution in [3.05, 3.63) is 59.9 Å². The summed E-state index contributed by atoms with van der Waals surface area (Å²) in [5, 5.41) is 3.22. The Balaban J connectivity index is 0.00000341. The lowest BCUT2D eigenvalue weighted by atomic mass is 10.2. The normalized spacial score (nSPS) is 14.9. The van der Waals surface area contributed by atoms with Crippen LogP contribution >= 0.6 is 24.0 Å². The van der Waals surface area contributed by atoms with E-state index in [1.165, 1.54) is 12.1 Å². The molecule has 1 heterocycles. The number of aryl methyl sites for hydroxylation is 1. The Morgan fingerprint density at radius 3 is 2.19 bits per heavy atom. The number of hydrogen-bond donors (Lipinski definition) is 2. The molecule has 0 aliphatic carbocycles. The molecule has 7 nitrogen and oxygen atoms in total. The second-order valence-corrected chi connectivity index (χ2v) is 8.90. The third-order valence-corrected chi connectivity index (χ3v) is 6.49. The van der Waals surface area contributed by atoms with Crippen LogP contribution in [0.4, 0.5) is 10.1 Å². The number of anilines is 1. The summed E-state index contributed by atoms with van der Waals surface area (Å²) < 4.78 is 40.4. The van der Waals surface area contributed by atoms with Gasteiger partial charge in [0.15, 0.2) is 5.96 Å². The Morgan fingerprint density at radius 2 is 1.61 bits per heavy atom. The number of sulfonamides is 1. The van der Waals surface area contributed by atoms with Crippen molar-refractivity contribution < 1.29 is 12.8 Å². The van der Waals surface area contributed by atoms with Crippen LogP contribution in [0.5, 0.6) is 0 Å². The van der Waals surface area contributed by atoms with Crippen LogP contribution in [0.3, 0.4) is 0 Å². The minimum absolute atomic E-state index is 0. The number of hydrogen-bond acceptors (Lipinski definition) is 4. The Kier molecular flexibility index (Phi) is 9.51. The highest BCUT2D eigenvalue weighted by Crippen LogP contribution is 2.17. The molecule has 2 aromatic carbocycles. The van der Waals surface area contributed by atoms with Gasteiger partial charge in [0.05, 0.1) is 4.90 Å². The molecule has 0 saturated carbocycles. The van der Waals surface area contributed by atoms with Crippen molar-refractivity contribution in [2.75, 3.05) is 51.2 Å². The van der Waals surface area contributed by atoms with Gasteiger partial charge in [0, 0.05) is 52.0 Å². The molecule has 2 aromatic rings. The molecule has 170 valence electrons. The number of aliphatic imine (C=N–C) groups is 1. The number of rotatable bonds is 6. The zero-order valence-corrected chi connectivity index (χ0v) is 20.9. The van der Waals surface area contributed by atoms with Gasteiger partial charge in [-0.1, -0.05) is 17.7 Å². The van der Waals surface area contributed by atoms with E-state index in [0.717, 1.165) is 43.4 Å². The molecule has 0 radical (unpaired) electrons. The topological polar surface area (TPSA) is 77.0 Å². The monoisotopic (exact) mass is 561 g/mol. The Morgan fingerprint density at radius 1 is 1.00 bits per heavy atom. The molecule has 1 saturated heterocycles. The van der Waals surface area contributed by atoms with E-state index in [1.54, 1.807) is 43.4 Å². The number of guanidine groups is 1. The molecule has 0 spiro atoms. The van der Waals surface area contributed by atoms with E-state index < -0.39 is 10.0 Å². The lowest BCUT2D eigenvalue weighted by Crippen LogP contribution is -2.53. The highest BCUT2D eigenvalue weighted by Gasteiger charge is 2.20. The average molecular weight is 561 g/mol. The first-order chi connectivity index (χ1) is 14.4. The van der Waals surface area contributed by atoms with Gasteiger partial charge in [0.1, 0.15) is 5.82 Å². The molecule has 31 heavy (non-hydrogen) atoms. The highest BCUT2D eigenvalue weighted by atomic mass is 127. The second-order valence-electron chi connectivity index (χ2n) is 7.14. The summed E-state index contributed by atoms with van der Waals surface area (Å²) in [6.07, 6.45) is 0. The van der Waals surface area contributed by atoms with Crippen LogP contribution in [0, 0.1) is 12.7 Å². The number of nitrogens with zero attached hydrogens (tertiary/aromatic N) is 3. The van der Waals surface area contributed by atoms with Gasteiger partial charge in [-0.2, -0.15) is 0 Å². The van der Waals surface area contributed by atoms with E-state index in [2.05, 4.69) is 24.8 Å². The van der Waals surface area contributed by atoms with Crippen molar-refractivity contribution >= 4 is 45.6 Å². The van der Waals surface area contributed by atoms with Gasteiger partial charge in [0.2, 0.25) is 10.0 Å². The van der Waals surface area contributed by atoms with Crippen LogP contribution in [0.2, 0.25) is 0 Å². The second kappa shape index (κ2) is 11.6. The van der Waals surface area contributed by atoms with E-state index in [-0.39, 0.29) is 41.2 Å². The molecular weight excluding hydrogens is 532 g/mol. The SMILES string of the molecule is CN=C(NCCNS(=O)(=O)c1ccc(C)cc1)N1CCN(c2ccc(F)cc2)CC1.I. The fourth-order valence-corrected chi connectivity index (χ4v) is 4.35. The van der Waals surface area contributed by atoms with Crippen molar-refractivity contribution in [1.82, 2.24) is 14.9 Å². The average Bonchev–Trinajstić information content (AvgIpc) is 2.75. The molecule has 0 bridgehead atoms. The number of halogens is 2. The van der Waals surface area contributed by atoms with E-state index in [4.69, 9.17) is 0 Å². The molecule has 2 N–H and O–H groups in total. The van der Waals surface area contributed by atoms with Crippen LogP contribution in [-0.2, 0) is 10.0 Å². The van der Waals surface area contributed by atoms with Crippen molar-refractivity contribution in [2.45, 2.75) is 11.8 Å². The summed E-state index contributed by atoms with van der Waals surface area (Å²) in [6.45, 7) is 5.73. The minimum Gasteiger partial charge on any atom is -0.368 e. The maximum Gasteiger partial charge on any atom is 0.240 e. The molecule has 3 rings (SSSR count). The predicted molar refractivity (Wildman–Crippen MR) is 133 cm³/mol. The summed E-state index contributed by atoms with van der Waals surface area (Å²) in [6, 6.07) is 13.3. The zero-order valence-electron chi connectivity index (χ0n) is 17.7. The molecule has 0 amide bonds. The van der Waals surface area contributed by atoms with Crippen LogP contribution in [0.25, 0.3) is 0 Å². The van der Waals surface area contributed by atoms with E-state index in [9.17, 15) is 12.8 Å². The van der Waals surface area contributed by atoms with Gasteiger partial charge in [-0.05, 0) is 43.3 Å². The van der Waals surface area contributed by atoms with Gasteiger partial charge < -0.3 is 15.1 Å². The molecule has 0 unspecified atom stereocenters. The fraction of sp³-hybridized carbons (Fsp3) is 0.381. The largest absolute Gasteiger partial charge is 0.368 e. The zero-order chi connectivity index (χ0) is 21.6. The summed E-state index contributed by atoms with van der Waals surface area (Å²) in [7, 11) is -1.81. The first-order valence-corrected chi connectivity index (χ1v) is 11.4. The van der Waals surface area contributed by atoms with Gasteiger partial charge in [0.25, 0.3) is 0 Å². The molecule has 0 aromatic heterocycles. The van der Waals surface area contributed by atoms with Crippen molar-refractivity contribution in [1.29, 1.82) is 0 Å². The first-order valence-electron chi connectivity index (χ1n) is 9.91. The van der Waals surface area contributed by atoms with Crippen LogP contribution in [0.15, 0.2) is 58.4 Å². The minimum atomic E-state index is -3.52. The van der Waals surface area contributed by atoms with Crippen molar-refractivity contribution in [3.8, 4) is 0 Å². The molecule has 0 atom stereocenters. The molecule has 1 aliphatic rings. The van der Waals surface area contributed by atoms with Gasteiger partial charge in [-0.15, -0.1) is 24.0 Å². The standard InChI is InChI=1S/C21H28FN5O2S.HI/c1-17-3-9-20(10-4-17)30(28,29)25-12-11-24-21(23-2)27-15-13-26(14-16-27)19-7-5-18(22)6-8-19;/h3-10,25H,11-16H2,1-2H3,(H,23,24);1H. The summed E-state index contributed by atoms with van der Waals surface area (Å²) in [4.78, 5) is 8.91. The van der Waals surface area contributed by atoms with Crippen LogP contribution < -0.4 is 14.9 Å². The van der Waals surface area contributed by atoms with Crippen molar-refractivity contribution in [3.63, 3.8) is 0 Å². The Hall–Kier alpha value is -1.92. The van der Waals surface area contributed by atoms with E-state index >= 15 is 0 Å². The third-order valence-electron chi connectivity index (χ3n) is 5.01. The molecular formula is C21H29FIN5O2S. The predicted octanol–water partition coefficient (Wildman–Crippen LogP) is 2.43. The first kappa shape index (κ1) is 25.3. The maximum atomic E-state index is 13.1. The highest BCUT2D eigenvalue weighted by molar-refractivity contribution is 14.0. The molecule has 1 fully saturated rings. The lowest BCUT2D eigenvalue weighted by molar-refractivity contribution is 0.373. The smallest absolute Gasteiger partial charge is 0.240 e. The number of piperazine rings is 1. The van der Waals surface area contributed by atoms with Gasteiger partial charge in [-0.25, -0.2) is 17.5 Å². The maximum absolute atomic E-state index is 13.1.